The zero-order valence-corrected chi connectivity index (χ0v) is 12.0. The van der Waals surface area contributed by atoms with Gasteiger partial charge in [0.25, 0.3) is 0 Å². The summed E-state index contributed by atoms with van der Waals surface area (Å²) in [6, 6.07) is 5.86. The fourth-order valence-corrected chi connectivity index (χ4v) is 3.55. The van der Waals surface area contributed by atoms with Gasteiger partial charge in [-0.05, 0) is 29.7 Å². The van der Waals surface area contributed by atoms with Gasteiger partial charge >= 0.3 is 0 Å². The van der Waals surface area contributed by atoms with E-state index in [1.165, 1.54) is 5.19 Å². The molecule has 0 aliphatic rings. The molecule has 16 heavy (non-hydrogen) atoms. The monoisotopic (exact) mass is 237 g/mol. The van der Waals surface area contributed by atoms with E-state index in [-0.39, 0.29) is 5.04 Å². The molecule has 0 saturated carbocycles. The van der Waals surface area contributed by atoms with Gasteiger partial charge in [-0.25, -0.2) is 0 Å². The third kappa shape index (κ3) is 2.47. The minimum absolute atomic E-state index is 0.265. The van der Waals surface area contributed by atoms with E-state index in [9.17, 15) is 5.26 Å². The molecule has 0 spiro atoms. The average Bonchev–Trinajstić information content (AvgIpc) is 2.15. The minimum Gasteiger partial charge on any atom is -0.305 e. The highest BCUT2D eigenvalue weighted by atomic mass is 28.3. The summed E-state index contributed by atoms with van der Waals surface area (Å²) in [6.07, 6.45) is 0. The molecule has 0 aliphatic heterocycles. The molecule has 0 heterocycles. The van der Waals surface area contributed by atoms with Gasteiger partial charge in [0.1, 0.15) is 0 Å². The Labute approximate surface area is 99.2 Å². The Morgan fingerprint density at radius 3 is 2.12 bits per heavy atom. The molecule has 0 aromatic heterocycles. The first-order chi connectivity index (χ1) is 7.18. The summed E-state index contributed by atoms with van der Waals surface area (Å²) in [6.45, 7) is 13.4. The fraction of sp³-hybridized carbons (Fsp3) is 0.538. The van der Waals surface area contributed by atoms with Crippen LogP contribution in [0.1, 0.15) is 26.3 Å². The summed E-state index contributed by atoms with van der Waals surface area (Å²) in [5.74, 6) is 0.430. The topological polar surface area (TPSA) is 29.1 Å². The summed E-state index contributed by atoms with van der Waals surface area (Å²) in [5.41, 5.74) is 1.09. The van der Waals surface area contributed by atoms with Crippen LogP contribution in [0, 0.1) is 6.92 Å². The van der Waals surface area contributed by atoms with Gasteiger partial charge in [-0.1, -0.05) is 45.1 Å². The van der Waals surface area contributed by atoms with E-state index in [4.69, 9.17) is 0 Å². The Kier molecular flexibility index (Phi) is 3.50. The Morgan fingerprint density at radius 1 is 1.12 bits per heavy atom. The van der Waals surface area contributed by atoms with Crippen LogP contribution in [0.2, 0.25) is 18.1 Å². The molecule has 0 unspecified atom stereocenters. The molecular weight excluding hydrogens is 216 g/mol. The second-order valence-electron chi connectivity index (χ2n) is 5.99. The molecule has 1 rings (SSSR count). The van der Waals surface area contributed by atoms with Crippen molar-refractivity contribution in [2.45, 2.75) is 45.8 Å². The molecule has 1 aromatic rings. The van der Waals surface area contributed by atoms with Crippen molar-refractivity contribution in [3.8, 4) is 5.75 Å². The van der Waals surface area contributed by atoms with Gasteiger partial charge in [0, 0.05) is 5.26 Å². The highest BCUT2D eigenvalue weighted by molar-refractivity contribution is 6.92. The standard InChI is InChI=1S/C13H21O2Si/c1-10-7-11(15-14)9-12(8-10)16(5,6)13(2,3)4/h7-9H,1-6H3. The van der Waals surface area contributed by atoms with Crippen LogP contribution in [-0.2, 0) is 5.26 Å². The largest absolute Gasteiger partial charge is 0.305 e. The molecule has 3 heteroatoms. The Hall–Kier alpha value is -0.803. The normalized spacial score (nSPS) is 12.7. The summed E-state index contributed by atoms with van der Waals surface area (Å²) in [7, 11) is -1.58. The van der Waals surface area contributed by atoms with E-state index < -0.39 is 8.07 Å². The third-order valence-electron chi connectivity index (χ3n) is 3.74. The molecule has 0 amide bonds. The maximum atomic E-state index is 10.5. The predicted octanol–water partition coefficient (Wildman–Crippen LogP) is 3.43. The summed E-state index contributed by atoms with van der Waals surface area (Å²) >= 11 is 0. The lowest BCUT2D eigenvalue weighted by atomic mass is 10.2. The van der Waals surface area contributed by atoms with Crippen molar-refractivity contribution in [1.82, 2.24) is 0 Å². The fourth-order valence-electron chi connectivity index (χ4n) is 1.59. The van der Waals surface area contributed by atoms with Crippen LogP contribution in [0.4, 0.5) is 0 Å². The van der Waals surface area contributed by atoms with Crippen molar-refractivity contribution in [1.29, 1.82) is 0 Å². The van der Waals surface area contributed by atoms with E-state index in [1.807, 2.05) is 13.0 Å². The van der Waals surface area contributed by atoms with E-state index in [2.05, 4.69) is 44.8 Å². The predicted molar refractivity (Wildman–Crippen MR) is 69.3 cm³/mol. The van der Waals surface area contributed by atoms with Gasteiger partial charge in [-0.15, -0.1) is 0 Å². The van der Waals surface area contributed by atoms with Crippen molar-refractivity contribution in [3.05, 3.63) is 23.8 Å². The molecule has 0 N–H and O–H groups in total. The second-order valence-corrected chi connectivity index (χ2v) is 11.3. The second kappa shape index (κ2) is 4.22. The van der Waals surface area contributed by atoms with Crippen LogP contribution in [-0.4, -0.2) is 8.07 Å². The van der Waals surface area contributed by atoms with Crippen LogP contribution in [0.25, 0.3) is 0 Å². The lowest BCUT2D eigenvalue weighted by molar-refractivity contribution is -0.208. The molecule has 0 saturated heterocycles. The number of hydrogen-bond donors (Lipinski definition) is 0. The average molecular weight is 237 g/mol. The van der Waals surface area contributed by atoms with Crippen LogP contribution in [0.15, 0.2) is 18.2 Å². The molecule has 1 aromatic carbocycles. The first kappa shape index (κ1) is 13.3. The molecule has 2 nitrogen and oxygen atoms in total. The molecule has 89 valence electrons. The van der Waals surface area contributed by atoms with E-state index in [0.29, 0.717) is 5.75 Å². The van der Waals surface area contributed by atoms with Crippen LogP contribution in [0.3, 0.4) is 0 Å². The number of hydrogen-bond acceptors (Lipinski definition) is 1. The molecule has 0 fully saturated rings. The molecule has 0 bridgehead atoms. The number of aryl methyl sites for hydroxylation is 1. The quantitative estimate of drug-likeness (QED) is 0.440. The summed E-state index contributed by atoms with van der Waals surface area (Å²) in [4.78, 5) is 4.12. The van der Waals surface area contributed by atoms with E-state index >= 15 is 0 Å². The van der Waals surface area contributed by atoms with Crippen LogP contribution >= 0.6 is 0 Å². The highest BCUT2D eigenvalue weighted by Crippen LogP contribution is 2.36. The van der Waals surface area contributed by atoms with Gasteiger partial charge < -0.3 is 4.89 Å². The van der Waals surface area contributed by atoms with Gasteiger partial charge in [-0.2, -0.15) is 0 Å². The van der Waals surface area contributed by atoms with Gasteiger partial charge in [0.2, 0.25) is 0 Å². The first-order valence-corrected chi connectivity index (χ1v) is 8.60. The zero-order chi connectivity index (χ0) is 12.6. The molecular formula is C13H21O2Si. The van der Waals surface area contributed by atoms with Crippen molar-refractivity contribution in [3.63, 3.8) is 0 Å². The minimum atomic E-state index is -1.58. The molecule has 0 aliphatic carbocycles. The smallest absolute Gasteiger partial charge is 0.168 e. The van der Waals surface area contributed by atoms with E-state index in [1.54, 1.807) is 6.07 Å². The van der Waals surface area contributed by atoms with Gasteiger partial charge in [-0.3, -0.25) is 0 Å². The lowest BCUT2D eigenvalue weighted by Gasteiger charge is -2.37. The lowest BCUT2D eigenvalue weighted by Crippen LogP contribution is -2.49. The Balaban J connectivity index is 3.27. The van der Waals surface area contributed by atoms with Crippen molar-refractivity contribution < 1.29 is 10.1 Å². The zero-order valence-electron chi connectivity index (χ0n) is 11.0. The SMILES string of the molecule is Cc1cc(O[O])cc([Si](C)(C)C(C)(C)C)c1. The molecule has 0 atom stereocenters. The maximum Gasteiger partial charge on any atom is 0.168 e. The summed E-state index contributed by atoms with van der Waals surface area (Å²) in [5, 5.41) is 12.1. The van der Waals surface area contributed by atoms with Crippen molar-refractivity contribution in [2.24, 2.45) is 0 Å². The first-order valence-electron chi connectivity index (χ1n) is 5.60. The maximum absolute atomic E-state index is 10.5. The van der Waals surface area contributed by atoms with Crippen molar-refractivity contribution in [2.75, 3.05) is 0 Å². The van der Waals surface area contributed by atoms with Crippen LogP contribution in [0.5, 0.6) is 5.75 Å². The third-order valence-corrected chi connectivity index (χ3v) is 9.23. The highest BCUT2D eigenvalue weighted by Gasteiger charge is 2.37. The Bertz CT molecular complexity index is 378. The summed E-state index contributed by atoms with van der Waals surface area (Å²) < 4.78 is 0. The molecule has 1 radical (unpaired) electrons. The van der Waals surface area contributed by atoms with Crippen molar-refractivity contribution >= 4 is 13.3 Å². The van der Waals surface area contributed by atoms with Gasteiger partial charge in [0.05, 0.1) is 8.07 Å². The van der Waals surface area contributed by atoms with Gasteiger partial charge in [0.15, 0.2) is 5.75 Å². The number of rotatable bonds is 2. The number of benzene rings is 1. The Morgan fingerprint density at radius 2 is 1.69 bits per heavy atom. The van der Waals surface area contributed by atoms with Crippen LogP contribution < -0.4 is 10.1 Å². The van der Waals surface area contributed by atoms with E-state index in [0.717, 1.165) is 5.56 Å².